The summed E-state index contributed by atoms with van der Waals surface area (Å²) in [6.07, 6.45) is -1.26. The van der Waals surface area contributed by atoms with E-state index >= 15 is 0 Å². The van der Waals surface area contributed by atoms with E-state index in [0.717, 1.165) is 0 Å². The van der Waals surface area contributed by atoms with Crippen molar-refractivity contribution in [3.8, 4) is 0 Å². The summed E-state index contributed by atoms with van der Waals surface area (Å²) in [5.74, 6) is -0.624. The Kier molecular flexibility index (Phi) is 5.65. The molecule has 2 rings (SSSR count). The van der Waals surface area contributed by atoms with E-state index in [1.165, 1.54) is 24.3 Å². The van der Waals surface area contributed by atoms with Gasteiger partial charge in [-0.1, -0.05) is 18.2 Å². The maximum atomic E-state index is 11.9. The summed E-state index contributed by atoms with van der Waals surface area (Å²) < 4.78 is 30.1. The van der Waals surface area contributed by atoms with E-state index in [4.69, 9.17) is 0 Å². The molecule has 0 unspecified atom stereocenters. The van der Waals surface area contributed by atoms with Gasteiger partial charge >= 0.3 is 6.09 Å². The van der Waals surface area contributed by atoms with E-state index in [0.29, 0.717) is 11.4 Å². The molecule has 0 radical (unpaired) electrons. The molecular weight excluding hydrogens is 348 g/mol. The first-order chi connectivity index (χ1) is 11.8. The highest BCUT2D eigenvalue weighted by atomic mass is 32.2. The number of nitrogens with one attached hydrogen (secondary N) is 2. The summed E-state index contributed by atoms with van der Waals surface area (Å²) in [6, 6.07) is 9.03. The molecular formula is C15H16N4O5S. The third-order valence-electron chi connectivity index (χ3n) is 2.84. The number of aryl methyl sites for hydroxylation is 2. The summed E-state index contributed by atoms with van der Waals surface area (Å²) in [6.45, 7) is 2.79. The molecule has 0 aliphatic heterocycles. The fourth-order valence-corrected chi connectivity index (χ4v) is 2.78. The van der Waals surface area contributed by atoms with Gasteiger partial charge in [0.1, 0.15) is 0 Å². The van der Waals surface area contributed by atoms with Crippen molar-refractivity contribution in [2.75, 3.05) is 11.9 Å². The lowest BCUT2D eigenvalue weighted by Crippen LogP contribution is -2.33. The zero-order chi connectivity index (χ0) is 18.4. The molecule has 132 valence electrons. The lowest BCUT2D eigenvalue weighted by Gasteiger charge is -2.08. The van der Waals surface area contributed by atoms with E-state index in [9.17, 15) is 18.0 Å². The summed E-state index contributed by atoms with van der Waals surface area (Å²) in [5.41, 5.74) is 1.32. The van der Waals surface area contributed by atoms with Gasteiger partial charge in [-0.2, -0.15) is 0 Å². The molecule has 2 N–H and O–H groups in total. The molecule has 25 heavy (non-hydrogen) atoms. The van der Waals surface area contributed by atoms with Crippen LogP contribution >= 0.6 is 0 Å². The molecule has 0 saturated heterocycles. The highest BCUT2D eigenvalue weighted by molar-refractivity contribution is 7.90. The predicted octanol–water partition coefficient (Wildman–Crippen LogP) is 1.15. The fraction of sp³-hybridized carbons (Fsp3) is 0.200. The zero-order valence-electron chi connectivity index (χ0n) is 13.5. The second kappa shape index (κ2) is 7.71. The van der Waals surface area contributed by atoms with Gasteiger partial charge in [-0.15, -0.1) is 0 Å². The molecule has 0 aliphatic rings. The van der Waals surface area contributed by atoms with Crippen molar-refractivity contribution in [3.63, 3.8) is 0 Å². The standard InChI is InChI=1S/C15H16N4O5S/c1-10-8-11(2)17-14(16-10)18-13(20)9-24-15(21)19-25(22,23)12-6-4-3-5-7-12/h3-8H,9H2,1-2H3,(H,19,21)(H,16,17,18,20). The predicted molar refractivity (Wildman–Crippen MR) is 88.2 cm³/mol. The molecule has 0 spiro atoms. The zero-order valence-corrected chi connectivity index (χ0v) is 14.3. The number of ether oxygens (including phenoxy) is 1. The summed E-state index contributed by atoms with van der Waals surface area (Å²) in [4.78, 5) is 31.2. The largest absolute Gasteiger partial charge is 0.439 e. The van der Waals surface area contributed by atoms with Gasteiger partial charge in [0, 0.05) is 11.4 Å². The van der Waals surface area contributed by atoms with Gasteiger partial charge in [-0.25, -0.2) is 27.9 Å². The highest BCUT2D eigenvalue weighted by Gasteiger charge is 2.19. The quantitative estimate of drug-likeness (QED) is 0.814. The minimum atomic E-state index is -4.06. The molecule has 0 fully saturated rings. The Morgan fingerprint density at radius 1 is 1.08 bits per heavy atom. The molecule has 1 aromatic carbocycles. The Labute approximate surface area is 144 Å². The molecule has 0 bridgehead atoms. The molecule has 1 aromatic heterocycles. The van der Waals surface area contributed by atoms with Crippen LogP contribution in [0.5, 0.6) is 0 Å². The molecule has 10 heteroatoms. The van der Waals surface area contributed by atoms with Crippen molar-refractivity contribution in [2.45, 2.75) is 18.7 Å². The lowest BCUT2D eigenvalue weighted by atomic mass is 10.4. The first-order valence-corrected chi connectivity index (χ1v) is 8.61. The van der Waals surface area contributed by atoms with Crippen molar-refractivity contribution in [2.24, 2.45) is 0 Å². The smallest absolute Gasteiger partial charge is 0.421 e. The van der Waals surface area contributed by atoms with E-state index in [1.807, 2.05) is 0 Å². The van der Waals surface area contributed by atoms with Gasteiger partial charge in [-0.05, 0) is 32.0 Å². The van der Waals surface area contributed by atoms with E-state index in [-0.39, 0.29) is 10.8 Å². The number of benzene rings is 1. The monoisotopic (exact) mass is 364 g/mol. The number of carbonyl (C=O) groups is 2. The number of amides is 2. The van der Waals surface area contributed by atoms with Crippen molar-refractivity contribution in [1.82, 2.24) is 14.7 Å². The number of carbonyl (C=O) groups excluding carboxylic acids is 2. The Bertz CT molecular complexity index is 864. The number of sulfonamides is 1. The van der Waals surface area contributed by atoms with Crippen LogP contribution in [0, 0.1) is 13.8 Å². The van der Waals surface area contributed by atoms with Gasteiger partial charge < -0.3 is 4.74 Å². The maximum Gasteiger partial charge on any atom is 0.421 e. The average Bonchev–Trinajstić information content (AvgIpc) is 2.52. The second-order valence-corrected chi connectivity index (χ2v) is 6.70. The Morgan fingerprint density at radius 3 is 2.28 bits per heavy atom. The Balaban J connectivity index is 1.88. The van der Waals surface area contributed by atoms with Crippen molar-refractivity contribution in [1.29, 1.82) is 0 Å². The van der Waals surface area contributed by atoms with Crippen LogP contribution in [0.2, 0.25) is 0 Å². The number of hydrogen-bond acceptors (Lipinski definition) is 7. The first-order valence-electron chi connectivity index (χ1n) is 7.13. The molecule has 0 saturated carbocycles. The number of anilines is 1. The normalized spacial score (nSPS) is 10.8. The lowest BCUT2D eigenvalue weighted by molar-refractivity contribution is -0.118. The van der Waals surface area contributed by atoms with Crippen LogP contribution in [-0.4, -0.2) is 37.0 Å². The van der Waals surface area contributed by atoms with Crippen LogP contribution in [-0.2, 0) is 19.6 Å². The Morgan fingerprint density at radius 2 is 1.68 bits per heavy atom. The van der Waals surface area contributed by atoms with Gasteiger partial charge in [0.15, 0.2) is 6.61 Å². The second-order valence-electron chi connectivity index (χ2n) is 5.02. The van der Waals surface area contributed by atoms with Crippen LogP contribution in [0.1, 0.15) is 11.4 Å². The number of aromatic nitrogens is 2. The Hall–Kier alpha value is -3.01. The minimum absolute atomic E-state index is 0.0726. The van der Waals surface area contributed by atoms with E-state index < -0.39 is 28.6 Å². The third-order valence-corrected chi connectivity index (χ3v) is 4.17. The number of rotatable bonds is 5. The van der Waals surface area contributed by atoms with Crippen LogP contribution in [0.25, 0.3) is 0 Å². The molecule has 2 amide bonds. The average molecular weight is 364 g/mol. The SMILES string of the molecule is Cc1cc(C)nc(NC(=O)COC(=O)NS(=O)(=O)c2ccccc2)n1. The molecule has 1 heterocycles. The highest BCUT2D eigenvalue weighted by Crippen LogP contribution is 2.07. The summed E-state index contributed by atoms with van der Waals surface area (Å²) in [7, 11) is -4.06. The topological polar surface area (TPSA) is 127 Å². The van der Waals surface area contributed by atoms with Gasteiger partial charge in [0.05, 0.1) is 4.90 Å². The van der Waals surface area contributed by atoms with Crippen molar-refractivity contribution < 1.29 is 22.7 Å². The van der Waals surface area contributed by atoms with Crippen LogP contribution in [0.4, 0.5) is 10.7 Å². The van der Waals surface area contributed by atoms with E-state index in [2.05, 4.69) is 20.0 Å². The van der Waals surface area contributed by atoms with Crippen LogP contribution in [0.15, 0.2) is 41.3 Å². The third kappa shape index (κ3) is 5.53. The van der Waals surface area contributed by atoms with Gasteiger partial charge in [-0.3, -0.25) is 10.1 Å². The van der Waals surface area contributed by atoms with Crippen LogP contribution in [0.3, 0.4) is 0 Å². The number of hydrogen-bond donors (Lipinski definition) is 2. The first kappa shape index (κ1) is 18.3. The minimum Gasteiger partial charge on any atom is -0.439 e. The fourth-order valence-electron chi connectivity index (χ4n) is 1.87. The molecule has 0 aliphatic carbocycles. The molecule has 0 atom stereocenters. The molecule has 2 aromatic rings. The van der Waals surface area contributed by atoms with Crippen molar-refractivity contribution >= 4 is 28.0 Å². The molecule has 9 nitrogen and oxygen atoms in total. The van der Waals surface area contributed by atoms with E-state index in [1.54, 1.807) is 30.7 Å². The maximum absolute atomic E-state index is 11.9. The van der Waals surface area contributed by atoms with Crippen LogP contribution < -0.4 is 10.0 Å². The van der Waals surface area contributed by atoms with Gasteiger partial charge in [0.25, 0.3) is 15.9 Å². The van der Waals surface area contributed by atoms with Gasteiger partial charge in [0.2, 0.25) is 5.95 Å². The summed E-state index contributed by atoms with van der Waals surface area (Å²) in [5, 5.41) is 2.36. The van der Waals surface area contributed by atoms with Crippen molar-refractivity contribution in [3.05, 3.63) is 47.8 Å². The summed E-state index contributed by atoms with van der Waals surface area (Å²) >= 11 is 0. The number of nitrogens with zero attached hydrogens (tertiary/aromatic N) is 2.